The summed E-state index contributed by atoms with van der Waals surface area (Å²) in [6, 6.07) is 7.70. The summed E-state index contributed by atoms with van der Waals surface area (Å²) in [6.07, 6.45) is 4.57. The van der Waals surface area contributed by atoms with E-state index in [2.05, 4.69) is 5.32 Å². The van der Waals surface area contributed by atoms with Crippen molar-refractivity contribution in [3.63, 3.8) is 0 Å². The molecule has 1 aliphatic carbocycles. The van der Waals surface area contributed by atoms with Gasteiger partial charge in [0, 0.05) is 24.8 Å². The lowest BCUT2D eigenvalue weighted by Crippen LogP contribution is -2.40. The van der Waals surface area contributed by atoms with Gasteiger partial charge >= 0.3 is 0 Å². The number of ether oxygens (including phenoxy) is 1. The van der Waals surface area contributed by atoms with Crippen molar-refractivity contribution in [1.82, 2.24) is 0 Å². The summed E-state index contributed by atoms with van der Waals surface area (Å²) in [5, 5.41) is 2.92. The maximum absolute atomic E-state index is 12.0. The number of hydrogen-bond donors (Lipinski definition) is 2. The normalized spacial score (nSPS) is 17.4. The van der Waals surface area contributed by atoms with Crippen LogP contribution < -0.4 is 11.1 Å². The van der Waals surface area contributed by atoms with Crippen molar-refractivity contribution in [2.24, 2.45) is 5.73 Å². The molecule has 0 bridgehead atoms. The molecule has 0 unspecified atom stereocenters. The maximum Gasteiger partial charge on any atom is 0.226 e. The molecule has 0 heterocycles. The molecular weight excluding hydrogens is 240 g/mol. The van der Waals surface area contributed by atoms with Crippen LogP contribution in [0, 0.1) is 0 Å². The van der Waals surface area contributed by atoms with Crippen molar-refractivity contribution >= 4 is 11.6 Å². The highest BCUT2D eigenvalue weighted by atomic mass is 16.5. The van der Waals surface area contributed by atoms with Gasteiger partial charge in [0.25, 0.3) is 0 Å². The molecule has 0 radical (unpaired) electrons. The molecule has 2 rings (SSSR count). The van der Waals surface area contributed by atoms with E-state index in [9.17, 15) is 4.79 Å². The summed E-state index contributed by atoms with van der Waals surface area (Å²) in [5.74, 6) is -0.000957. The first-order valence-electron chi connectivity index (χ1n) is 6.78. The molecule has 4 nitrogen and oxygen atoms in total. The second-order valence-electron chi connectivity index (χ2n) is 5.43. The largest absolute Gasteiger partial charge is 0.380 e. The number of rotatable bonds is 5. The Bertz CT molecular complexity index is 440. The summed E-state index contributed by atoms with van der Waals surface area (Å²) < 4.78 is 5.08. The molecule has 4 heteroatoms. The maximum atomic E-state index is 12.0. The van der Waals surface area contributed by atoms with Gasteiger partial charge in [-0.1, -0.05) is 25.0 Å². The molecule has 1 amide bonds. The number of carbonyl (C=O) groups is 1. The van der Waals surface area contributed by atoms with Gasteiger partial charge in [-0.05, 0) is 30.5 Å². The molecule has 0 saturated heterocycles. The number of methoxy groups -OCH3 is 1. The summed E-state index contributed by atoms with van der Waals surface area (Å²) in [6.45, 7) is 0.546. The lowest BCUT2D eigenvalue weighted by Gasteiger charge is -2.22. The lowest BCUT2D eigenvalue weighted by atomic mass is 9.94. The standard InChI is InChI=1S/C15H22N2O2/c1-19-11-12-5-4-6-13(9-12)17-14(18)10-15(16)7-2-3-8-15/h4-6,9H,2-3,7-8,10-11,16H2,1H3,(H,17,18). The predicted octanol–water partition coefficient (Wildman–Crippen LogP) is 2.43. The van der Waals surface area contributed by atoms with Crippen molar-refractivity contribution in [3.05, 3.63) is 29.8 Å². The van der Waals surface area contributed by atoms with Crippen LogP contribution in [-0.2, 0) is 16.1 Å². The van der Waals surface area contributed by atoms with Gasteiger partial charge in [0.15, 0.2) is 0 Å². The van der Waals surface area contributed by atoms with Gasteiger partial charge in [-0.3, -0.25) is 4.79 Å². The van der Waals surface area contributed by atoms with Crippen molar-refractivity contribution in [3.8, 4) is 0 Å². The van der Waals surface area contributed by atoms with Crippen LogP contribution in [0.5, 0.6) is 0 Å². The number of benzene rings is 1. The molecule has 0 aliphatic heterocycles. The van der Waals surface area contributed by atoms with Crippen molar-refractivity contribution < 1.29 is 9.53 Å². The Morgan fingerprint density at radius 1 is 1.42 bits per heavy atom. The van der Waals surface area contributed by atoms with E-state index in [-0.39, 0.29) is 11.4 Å². The zero-order valence-electron chi connectivity index (χ0n) is 11.4. The molecule has 1 aromatic carbocycles. The Balaban J connectivity index is 1.93. The molecule has 19 heavy (non-hydrogen) atoms. The number of amides is 1. The molecule has 0 atom stereocenters. The van der Waals surface area contributed by atoms with Gasteiger partial charge in [-0.25, -0.2) is 0 Å². The Hall–Kier alpha value is -1.39. The third-order valence-corrected chi connectivity index (χ3v) is 3.63. The summed E-state index contributed by atoms with van der Waals surface area (Å²) >= 11 is 0. The van der Waals surface area contributed by atoms with E-state index >= 15 is 0 Å². The van der Waals surface area contributed by atoms with Gasteiger partial charge in [-0.15, -0.1) is 0 Å². The van der Waals surface area contributed by atoms with Crippen molar-refractivity contribution in [2.45, 2.75) is 44.2 Å². The zero-order valence-corrected chi connectivity index (χ0v) is 11.4. The third-order valence-electron chi connectivity index (χ3n) is 3.63. The number of carbonyl (C=O) groups excluding carboxylic acids is 1. The Morgan fingerprint density at radius 3 is 2.84 bits per heavy atom. The number of nitrogens with two attached hydrogens (primary N) is 1. The number of anilines is 1. The van der Waals surface area contributed by atoms with Gasteiger partial charge in [-0.2, -0.15) is 0 Å². The van der Waals surface area contributed by atoms with E-state index < -0.39 is 0 Å². The molecular formula is C15H22N2O2. The second-order valence-corrected chi connectivity index (χ2v) is 5.43. The third kappa shape index (κ3) is 4.04. The van der Waals surface area contributed by atoms with Crippen LogP contribution in [0.2, 0.25) is 0 Å². The van der Waals surface area contributed by atoms with Gasteiger partial charge < -0.3 is 15.8 Å². The Kier molecular flexibility index (Phi) is 4.56. The molecule has 0 aromatic heterocycles. The fourth-order valence-corrected chi connectivity index (χ4v) is 2.69. The van der Waals surface area contributed by atoms with Crippen LogP contribution in [0.15, 0.2) is 24.3 Å². The quantitative estimate of drug-likeness (QED) is 0.856. The van der Waals surface area contributed by atoms with Crippen LogP contribution in [0.4, 0.5) is 5.69 Å². The fourth-order valence-electron chi connectivity index (χ4n) is 2.69. The van der Waals surface area contributed by atoms with Crippen LogP contribution in [0.25, 0.3) is 0 Å². The van der Waals surface area contributed by atoms with E-state index in [1.165, 1.54) is 0 Å². The summed E-state index contributed by atoms with van der Waals surface area (Å²) in [7, 11) is 1.66. The summed E-state index contributed by atoms with van der Waals surface area (Å²) in [5.41, 5.74) is 7.76. The molecule has 104 valence electrons. The van der Waals surface area contributed by atoms with E-state index in [1.54, 1.807) is 7.11 Å². The Morgan fingerprint density at radius 2 is 2.16 bits per heavy atom. The highest BCUT2D eigenvalue weighted by molar-refractivity contribution is 5.91. The topological polar surface area (TPSA) is 64.3 Å². The average molecular weight is 262 g/mol. The highest BCUT2D eigenvalue weighted by Crippen LogP contribution is 2.30. The first kappa shape index (κ1) is 14.0. The first-order valence-corrected chi connectivity index (χ1v) is 6.78. The van der Waals surface area contributed by atoms with Gasteiger partial charge in [0.2, 0.25) is 5.91 Å². The van der Waals surface area contributed by atoms with Crippen molar-refractivity contribution in [2.75, 3.05) is 12.4 Å². The lowest BCUT2D eigenvalue weighted by molar-refractivity contribution is -0.117. The summed E-state index contributed by atoms with van der Waals surface area (Å²) in [4.78, 5) is 12.0. The van der Waals surface area contributed by atoms with E-state index in [0.717, 1.165) is 36.9 Å². The highest BCUT2D eigenvalue weighted by Gasteiger charge is 2.31. The van der Waals surface area contributed by atoms with Crippen LogP contribution in [0.1, 0.15) is 37.7 Å². The predicted molar refractivity (Wildman–Crippen MR) is 75.8 cm³/mol. The van der Waals surface area contributed by atoms with E-state index in [1.807, 2.05) is 24.3 Å². The average Bonchev–Trinajstić information content (AvgIpc) is 2.76. The van der Waals surface area contributed by atoms with Crippen LogP contribution >= 0.6 is 0 Å². The van der Waals surface area contributed by atoms with E-state index in [4.69, 9.17) is 10.5 Å². The molecule has 1 saturated carbocycles. The SMILES string of the molecule is COCc1cccc(NC(=O)CC2(N)CCCC2)c1. The smallest absolute Gasteiger partial charge is 0.226 e. The number of hydrogen-bond acceptors (Lipinski definition) is 3. The minimum absolute atomic E-state index is 0.000957. The molecule has 3 N–H and O–H groups in total. The zero-order chi connectivity index (χ0) is 13.7. The van der Waals surface area contributed by atoms with Crippen LogP contribution in [0.3, 0.4) is 0 Å². The van der Waals surface area contributed by atoms with Crippen molar-refractivity contribution in [1.29, 1.82) is 0 Å². The van der Waals surface area contributed by atoms with Gasteiger partial charge in [0.1, 0.15) is 0 Å². The molecule has 1 aliphatic rings. The minimum Gasteiger partial charge on any atom is -0.380 e. The minimum atomic E-state index is -0.297. The molecule has 0 spiro atoms. The Labute approximate surface area is 114 Å². The molecule has 1 fully saturated rings. The van der Waals surface area contributed by atoms with Gasteiger partial charge in [0.05, 0.1) is 6.61 Å². The second kappa shape index (κ2) is 6.17. The molecule has 1 aromatic rings. The monoisotopic (exact) mass is 262 g/mol. The number of nitrogens with one attached hydrogen (secondary N) is 1. The fraction of sp³-hybridized carbons (Fsp3) is 0.533. The van der Waals surface area contributed by atoms with Crippen LogP contribution in [-0.4, -0.2) is 18.6 Å². The van der Waals surface area contributed by atoms with E-state index in [0.29, 0.717) is 13.0 Å². The first-order chi connectivity index (χ1) is 9.11.